The topological polar surface area (TPSA) is 116 Å². The van der Waals surface area contributed by atoms with Crippen molar-refractivity contribution in [1.29, 1.82) is 0 Å². The standard InChI is InChI=1S/C22H22N4O4/c1-3-30-22(29)19-13-24-26(14(19)2)18-10-6-16(7-11-18)21(28)25-17-8-4-15(5-9-17)12-20(23)27/h4-11,13H,3,12H2,1-2H3,(H2,23,27)(H,25,28). The van der Waals surface area contributed by atoms with Gasteiger partial charge in [-0.1, -0.05) is 12.1 Å². The predicted octanol–water partition coefficient (Wildman–Crippen LogP) is 2.64. The van der Waals surface area contributed by atoms with Gasteiger partial charge in [-0.05, 0) is 55.8 Å². The molecule has 3 N–H and O–H groups in total. The van der Waals surface area contributed by atoms with Gasteiger partial charge in [-0.3, -0.25) is 9.59 Å². The maximum Gasteiger partial charge on any atom is 0.341 e. The summed E-state index contributed by atoms with van der Waals surface area (Å²) in [6.07, 6.45) is 1.62. The van der Waals surface area contributed by atoms with E-state index >= 15 is 0 Å². The molecule has 8 heteroatoms. The second-order valence-corrected chi connectivity index (χ2v) is 6.62. The molecule has 0 atom stereocenters. The Morgan fingerprint density at radius 2 is 1.73 bits per heavy atom. The van der Waals surface area contributed by atoms with Crippen molar-refractivity contribution in [2.24, 2.45) is 5.73 Å². The highest BCUT2D eigenvalue weighted by Gasteiger charge is 2.16. The number of carbonyl (C=O) groups is 3. The number of rotatable bonds is 7. The number of anilines is 1. The second-order valence-electron chi connectivity index (χ2n) is 6.62. The molecule has 0 radical (unpaired) electrons. The minimum absolute atomic E-state index is 0.153. The lowest BCUT2D eigenvalue weighted by molar-refractivity contribution is -0.117. The van der Waals surface area contributed by atoms with E-state index in [1.165, 1.54) is 6.20 Å². The molecule has 2 aromatic carbocycles. The van der Waals surface area contributed by atoms with Crippen LogP contribution in [0, 0.1) is 6.92 Å². The molecule has 8 nitrogen and oxygen atoms in total. The first-order chi connectivity index (χ1) is 14.4. The number of ether oxygens (including phenoxy) is 1. The molecule has 3 aromatic rings. The van der Waals surface area contributed by atoms with Crippen LogP contribution in [0.3, 0.4) is 0 Å². The number of hydrogen-bond acceptors (Lipinski definition) is 5. The molecule has 0 bridgehead atoms. The Labute approximate surface area is 173 Å². The van der Waals surface area contributed by atoms with Crippen LogP contribution in [0.2, 0.25) is 0 Å². The molecule has 2 amide bonds. The van der Waals surface area contributed by atoms with Crippen LogP contribution in [-0.4, -0.2) is 34.2 Å². The summed E-state index contributed by atoms with van der Waals surface area (Å²) in [6, 6.07) is 13.8. The zero-order valence-corrected chi connectivity index (χ0v) is 16.7. The first kappa shape index (κ1) is 20.8. The normalized spacial score (nSPS) is 10.5. The number of carbonyl (C=O) groups excluding carboxylic acids is 3. The second kappa shape index (κ2) is 9.04. The third-order valence-electron chi connectivity index (χ3n) is 4.47. The SMILES string of the molecule is CCOC(=O)c1cnn(-c2ccc(C(=O)Nc3ccc(CC(N)=O)cc3)cc2)c1C. The number of aromatic nitrogens is 2. The van der Waals surface area contributed by atoms with Gasteiger partial charge in [-0.25, -0.2) is 9.48 Å². The highest BCUT2D eigenvalue weighted by Crippen LogP contribution is 2.17. The van der Waals surface area contributed by atoms with E-state index in [0.29, 0.717) is 29.1 Å². The summed E-state index contributed by atoms with van der Waals surface area (Å²) in [4.78, 5) is 35.4. The summed E-state index contributed by atoms with van der Waals surface area (Å²) in [5.41, 5.74) is 8.81. The molecule has 0 spiro atoms. The first-order valence-electron chi connectivity index (χ1n) is 9.39. The zero-order valence-electron chi connectivity index (χ0n) is 16.7. The monoisotopic (exact) mass is 406 g/mol. The molecule has 0 saturated carbocycles. The summed E-state index contributed by atoms with van der Waals surface area (Å²) in [7, 11) is 0. The Bertz CT molecular complexity index is 1070. The Hall–Kier alpha value is -3.94. The van der Waals surface area contributed by atoms with Crippen molar-refractivity contribution in [1.82, 2.24) is 9.78 Å². The van der Waals surface area contributed by atoms with Crippen LogP contribution in [0.5, 0.6) is 0 Å². The molecular weight excluding hydrogens is 384 g/mol. The minimum atomic E-state index is -0.418. The molecule has 30 heavy (non-hydrogen) atoms. The Morgan fingerprint density at radius 1 is 1.07 bits per heavy atom. The summed E-state index contributed by atoms with van der Waals surface area (Å²) in [6.45, 7) is 3.82. The lowest BCUT2D eigenvalue weighted by Crippen LogP contribution is -2.14. The summed E-state index contributed by atoms with van der Waals surface area (Å²) in [5.74, 6) is -1.10. The van der Waals surface area contributed by atoms with Crippen molar-refractivity contribution in [3.05, 3.63) is 77.1 Å². The van der Waals surface area contributed by atoms with Gasteiger partial charge in [0.25, 0.3) is 5.91 Å². The van der Waals surface area contributed by atoms with Gasteiger partial charge in [0.1, 0.15) is 5.56 Å². The molecule has 0 aliphatic carbocycles. The van der Waals surface area contributed by atoms with Gasteiger partial charge in [0.05, 0.1) is 30.6 Å². The van der Waals surface area contributed by atoms with Crippen molar-refractivity contribution in [2.75, 3.05) is 11.9 Å². The van der Waals surface area contributed by atoms with E-state index in [1.807, 2.05) is 0 Å². The molecule has 0 unspecified atom stereocenters. The molecule has 1 heterocycles. The van der Waals surface area contributed by atoms with Crippen LogP contribution < -0.4 is 11.1 Å². The molecule has 154 valence electrons. The van der Waals surface area contributed by atoms with Gasteiger partial charge >= 0.3 is 5.97 Å². The number of benzene rings is 2. The van der Waals surface area contributed by atoms with Crippen LogP contribution >= 0.6 is 0 Å². The Morgan fingerprint density at radius 3 is 2.33 bits per heavy atom. The fourth-order valence-corrected chi connectivity index (χ4v) is 2.94. The Balaban J connectivity index is 1.70. The smallest absolute Gasteiger partial charge is 0.341 e. The highest BCUT2D eigenvalue weighted by molar-refractivity contribution is 6.04. The van der Waals surface area contributed by atoms with Crippen LogP contribution in [0.4, 0.5) is 5.69 Å². The number of nitrogens with one attached hydrogen (secondary N) is 1. The van der Waals surface area contributed by atoms with E-state index in [0.717, 1.165) is 11.3 Å². The van der Waals surface area contributed by atoms with E-state index in [2.05, 4.69) is 10.4 Å². The summed E-state index contributed by atoms with van der Waals surface area (Å²) < 4.78 is 6.64. The first-order valence-corrected chi connectivity index (χ1v) is 9.39. The lowest BCUT2D eigenvalue weighted by atomic mass is 10.1. The maximum atomic E-state index is 12.5. The van der Waals surface area contributed by atoms with Crippen LogP contribution in [0.15, 0.2) is 54.7 Å². The van der Waals surface area contributed by atoms with E-state index in [1.54, 1.807) is 67.1 Å². The lowest BCUT2D eigenvalue weighted by Gasteiger charge is -2.08. The average Bonchev–Trinajstić information content (AvgIpc) is 3.11. The van der Waals surface area contributed by atoms with Crippen molar-refractivity contribution >= 4 is 23.5 Å². The number of esters is 1. The average molecular weight is 406 g/mol. The van der Waals surface area contributed by atoms with Gasteiger partial charge in [0, 0.05) is 11.3 Å². The maximum absolute atomic E-state index is 12.5. The fraction of sp³-hybridized carbons (Fsp3) is 0.182. The largest absolute Gasteiger partial charge is 0.462 e. The van der Waals surface area contributed by atoms with Crippen LogP contribution in [0.25, 0.3) is 5.69 Å². The van der Waals surface area contributed by atoms with Gasteiger partial charge in [-0.2, -0.15) is 5.10 Å². The third-order valence-corrected chi connectivity index (χ3v) is 4.47. The molecular formula is C22H22N4O4. The van der Waals surface area contributed by atoms with E-state index < -0.39 is 11.9 Å². The van der Waals surface area contributed by atoms with Gasteiger partial charge < -0.3 is 15.8 Å². The molecule has 3 rings (SSSR count). The molecule has 0 aliphatic heterocycles. The molecule has 0 saturated heterocycles. The highest BCUT2D eigenvalue weighted by atomic mass is 16.5. The molecule has 0 fully saturated rings. The quantitative estimate of drug-likeness (QED) is 0.585. The number of hydrogen-bond donors (Lipinski definition) is 2. The van der Waals surface area contributed by atoms with E-state index in [-0.39, 0.29) is 12.3 Å². The van der Waals surface area contributed by atoms with Crippen molar-refractivity contribution < 1.29 is 19.1 Å². The predicted molar refractivity (Wildman–Crippen MR) is 112 cm³/mol. The molecule has 1 aromatic heterocycles. The van der Waals surface area contributed by atoms with Crippen molar-refractivity contribution in [3.63, 3.8) is 0 Å². The van der Waals surface area contributed by atoms with Crippen molar-refractivity contribution in [2.45, 2.75) is 20.3 Å². The number of primary amides is 1. The number of nitrogens with two attached hydrogens (primary N) is 1. The summed E-state index contributed by atoms with van der Waals surface area (Å²) in [5, 5.41) is 7.05. The van der Waals surface area contributed by atoms with Crippen LogP contribution in [-0.2, 0) is 16.0 Å². The zero-order chi connectivity index (χ0) is 21.7. The number of amides is 2. The van der Waals surface area contributed by atoms with Crippen molar-refractivity contribution in [3.8, 4) is 5.69 Å². The number of nitrogens with zero attached hydrogens (tertiary/aromatic N) is 2. The van der Waals surface area contributed by atoms with E-state index in [9.17, 15) is 14.4 Å². The third kappa shape index (κ3) is 4.72. The minimum Gasteiger partial charge on any atom is -0.462 e. The molecule has 0 aliphatic rings. The fourth-order valence-electron chi connectivity index (χ4n) is 2.94. The van der Waals surface area contributed by atoms with Gasteiger partial charge in [0.15, 0.2) is 0 Å². The Kier molecular flexibility index (Phi) is 6.26. The van der Waals surface area contributed by atoms with E-state index in [4.69, 9.17) is 10.5 Å². The van der Waals surface area contributed by atoms with Gasteiger partial charge in [-0.15, -0.1) is 0 Å². The van der Waals surface area contributed by atoms with Gasteiger partial charge in [0.2, 0.25) is 5.91 Å². The summed E-state index contributed by atoms with van der Waals surface area (Å²) >= 11 is 0. The van der Waals surface area contributed by atoms with Crippen LogP contribution in [0.1, 0.15) is 38.9 Å².